The topological polar surface area (TPSA) is 76.7 Å². The summed E-state index contributed by atoms with van der Waals surface area (Å²) < 4.78 is 0. The van der Waals surface area contributed by atoms with E-state index in [1.165, 1.54) is 0 Å². The third-order valence-corrected chi connectivity index (χ3v) is 5.79. The Morgan fingerprint density at radius 3 is 2.33 bits per heavy atom. The molecule has 0 unspecified atom stereocenters. The van der Waals surface area contributed by atoms with Crippen molar-refractivity contribution < 1.29 is 14.4 Å². The van der Waals surface area contributed by atoms with Crippen LogP contribution in [0, 0.1) is 6.92 Å². The minimum Gasteiger partial charge on any atom is -0.354 e. The maximum atomic E-state index is 13.0. The van der Waals surface area contributed by atoms with E-state index < -0.39 is 0 Å². The lowest BCUT2D eigenvalue weighted by molar-refractivity contribution is -0.132. The van der Waals surface area contributed by atoms with Gasteiger partial charge >= 0.3 is 0 Å². The highest BCUT2D eigenvalue weighted by molar-refractivity contribution is 6.04. The highest BCUT2D eigenvalue weighted by Crippen LogP contribution is 2.27. The number of likely N-dealkylation sites (N-methyl/N-ethyl adjacent to an activating group) is 1. The second-order valence-electron chi connectivity index (χ2n) is 7.39. The van der Waals surface area contributed by atoms with Crippen LogP contribution in [0.2, 0.25) is 0 Å². The zero-order valence-corrected chi connectivity index (χ0v) is 16.6. The molecule has 1 aliphatic heterocycles. The summed E-state index contributed by atoms with van der Waals surface area (Å²) in [4.78, 5) is 46.4. The molecule has 7 heteroatoms. The summed E-state index contributed by atoms with van der Waals surface area (Å²) in [7, 11) is 0. The molecule has 0 aromatic carbocycles. The van der Waals surface area contributed by atoms with Gasteiger partial charge < -0.3 is 14.8 Å². The number of nitrogens with one attached hydrogen (secondary N) is 1. The highest BCUT2D eigenvalue weighted by atomic mass is 16.2. The number of ketones is 1. The molecule has 0 spiro atoms. The molecule has 0 radical (unpaired) electrons. The molecule has 0 saturated carbocycles. The van der Waals surface area contributed by atoms with E-state index in [1.807, 2.05) is 30.6 Å². The summed E-state index contributed by atoms with van der Waals surface area (Å²) in [5.41, 5.74) is 2.99. The van der Waals surface area contributed by atoms with E-state index in [0.29, 0.717) is 44.8 Å². The van der Waals surface area contributed by atoms with E-state index in [9.17, 15) is 14.4 Å². The first-order valence-electron chi connectivity index (χ1n) is 10.00. The fourth-order valence-electron chi connectivity index (χ4n) is 4.12. The molecule has 2 heterocycles. The number of carbonyl (C=O) groups is 3. The third-order valence-electron chi connectivity index (χ3n) is 5.79. The fraction of sp³-hybridized carbons (Fsp3) is 0.650. The minimum absolute atomic E-state index is 0.0376. The molecule has 1 aromatic heterocycles. The van der Waals surface area contributed by atoms with Gasteiger partial charge in [-0.05, 0) is 39.2 Å². The van der Waals surface area contributed by atoms with Crippen molar-refractivity contribution in [3.8, 4) is 0 Å². The smallest absolute Gasteiger partial charge is 0.270 e. The number of aromatic amines is 1. The summed E-state index contributed by atoms with van der Waals surface area (Å²) in [6.07, 6.45) is 2.24. The van der Waals surface area contributed by atoms with Gasteiger partial charge in [-0.25, -0.2) is 0 Å². The van der Waals surface area contributed by atoms with Gasteiger partial charge in [-0.2, -0.15) is 0 Å². The second kappa shape index (κ2) is 8.25. The molecule has 1 fully saturated rings. The van der Waals surface area contributed by atoms with Crippen LogP contribution in [-0.4, -0.2) is 83.1 Å². The van der Waals surface area contributed by atoms with Crippen molar-refractivity contribution in [2.45, 2.75) is 40.0 Å². The molecule has 1 N–H and O–H groups in total. The second-order valence-corrected chi connectivity index (χ2v) is 7.39. The Balaban J connectivity index is 1.61. The molecular weight excluding hydrogens is 344 g/mol. The van der Waals surface area contributed by atoms with Gasteiger partial charge in [-0.1, -0.05) is 0 Å². The quantitative estimate of drug-likeness (QED) is 0.847. The average Bonchev–Trinajstić information content (AvgIpc) is 3.01. The van der Waals surface area contributed by atoms with Crippen LogP contribution in [0.5, 0.6) is 0 Å². The van der Waals surface area contributed by atoms with Crippen molar-refractivity contribution >= 4 is 17.6 Å². The van der Waals surface area contributed by atoms with Crippen LogP contribution < -0.4 is 0 Å². The Morgan fingerprint density at radius 2 is 1.74 bits per heavy atom. The zero-order chi connectivity index (χ0) is 19.6. The monoisotopic (exact) mass is 374 g/mol. The van der Waals surface area contributed by atoms with E-state index in [2.05, 4.69) is 9.88 Å². The number of Topliss-reactive ketones (excluding diaryl/α,β-unsaturated/α-hetero) is 1. The lowest BCUT2D eigenvalue weighted by atomic mass is 9.93. The summed E-state index contributed by atoms with van der Waals surface area (Å²) in [6, 6.07) is 0. The predicted octanol–water partition coefficient (Wildman–Crippen LogP) is 1.47. The van der Waals surface area contributed by atoms with Gasteiger partial charge in [0.1, 0.15) is 5.69 Å². The molecule has 0 atom stereocenters. The van der Waals surface area contributed by atoms with Crippen LogP contribution in [0.1, 0.15) is 58.8 Å². The van der Waals surface area contributed by atoms with E-state index >= 15 is 0 Å². The van der Waals surface area contributed by atoms with Crippen molar-refractivity contribution in [3.63, 3.8) is 0 Å². The maximum absolute atomic E-state index is 13.0. The number of aromatic nitrogens is 1. The van der Waals surface area contributed by atoms with Crippen molar-refractivity contribution in [2.75, 3.05) is 45.8 Å². The van der Waals surface area contributed by atoms with Crippen LogP contribution in [-0.2, 0) is 11.2 Å². The van der Waals surface area contributed by atoms with Crippen LogP contribution in [0.15, 0.2) is 0 Å². The number of hydrogen-bond acceptors (Lipinski definition) is 4. The summed E-state index contributed by atoms with van der Waals surface area (Å²) in [6.45, 7) is 10.3. The van der Waals surface area contributed by atoms with Gasteiger partial charge in [0.2, 0.25) is 5.91 Å². The van der Waals surface area contributed by atoms with Gasteiger partial charge in [-0.15, -0.1) is 0 Å². The number of amides is 2. The molecule has 1 aromatic rings. The van der Waals surface area contributed by atoms with Gasteiger partial charge in [-0.3, -0.25) is 19.3 Å². The fourth-order valence-corrected chi connectivity index (χ4v) is 4.12. The standard InChI is InChI=1S/C20H30N4O3/c1-4-23(5-2)17(26)13-22-9-11-24(12-10-22)20(27)19-14(3)18-15(21-19)7-6-8-16(18)25/h21H,4-13H2,1-3H3. The number of rotatable bonds is 5. The van der Waals surface area contributed by atoms with Gasteiger partial charge in [0.05, 0.1) is 6.54 Å². The highest BCUT2D eigenvalue weighted by Gasteiger charge is 2.30. The average molecular weight is 374 g/mol. The van der Waals surface area contributed by atoms with Crippen molar-refractivity contribution in [3.05, 3.63) is 22.5 Å². The summed E-state index contributed by atoms with van der Waals surface area (Å²) in [5.74, 6) is 0.249. The van der Waals surface area contributed by atoms with E-state index in [-0.39, 0.29) is 17.6 Å². The summed E-state index contributed by atoms with van der Waals surface area (Å²) in [5, 5.41) is 0. The van der Waals surface area contributed by atoms with Crippen molar-refractivity contribution in [2.24, 2.45) is 0 Å². The first-order chi connectivity index (χ1) is 13.0. The molecule has 27 heavy (non-hydrogen) atoms. The van der Waals surface area contributed by atoms with E-state index in [1.54, 1.807) is 0 Å². The van der Waals surface area contributed by atoms with Crippen LogP contribution in [0.3, 0.4) is 0 Å². The van der Waals surface area contributed by atoms with Crippen LogP contribution in [0.4, 0.5) is 0 Å². The minimum atomic E-state index is -0.0376. The number of piperazine rings is 1. The van der Waals surface area contributed by atoms with Crippen molar-refractivity contribution in [1.82, 2.24) is 19.7 Å². The molecule has 2 aliphatic rings. The Kier molecular flexibility index (Phi) is 5.99. The number of hydrogen-bond donors (Lipinski definition) is 1. The molecule has 1 saturated heterocycles. The molecule has 2 amide bonds. The van der Waals surface area contributed by atoms with Crippen LogP contribution >= 0.6 is 0 Å². The molecule has 7 nitrogen and oxygen atoms in total. The molecular formula is C20H30N4O3. The Labute approximate surface area is 160 Å². The van der Waals surface area contributed by atoms with E-state index in [0.717, 1.165) is 42.8 Å². The third kappa shape index (κ3) is 3.93. The Morgan fingerprint density at radius 1 is 1.07 bits per heavy atom. The van der Waals surface area contributed by atoms with Gasteiger partial charge in [0, 0.05) is 56.9 Å². The van der Waals surface area contributed by atoms with Crippen LogP contribution in [0.25, 0.3) is 0 Å². The number of fused-ring (bicyclic) bond motifs is 1. The lowest BCUT2D eigenvalue weighted by Crippen LogP contribution is -2.51. The van der Waals surface area contributed by atoms with Gasteiger partial charge in [0.15, 0.2) is 5.78 Å². The molecule has 0 bridgehead atoms. The SMILES string of the molecule is CCN(CC)C(=O)CN1CCN(C(=O)c2[nH]c3c(c2C)C(=O)CCC3)CC1. The predicted molar refractivity (Wildman–Crippen MR) is 103 cm³/mol. The normalized spacial score (nSPS) is 17.7. The molecule has 3 rings (SSSR count). The summed E-state index contributed by atoms with van der Waals surface area (Å²) >= 11 is 0. The Hall–Kier alpha value is -2.15. The number of H-pyrrole nitrogens is 1. The first kappa shape index (κ1) is 19.6. The first-order valence-corrected chi connectivity index (χ1v) is 10.00. The molecule has 148 valence electrons. The maximum Gasteiger partial charge on any atom is 0.270 e. The van der Waals surface area contributed by atoms with Gasteiger partial charge in [0.25, 0.3) is 5.91 Å². The largest absolute Gasteiger partial charge is 0.354 e. The lowest BCUT2D eigenvalue weighted by Gasteiger charge is -2.35. The number of nitrogens with zero attached hydrogens (tertiary/aromatic N) is 3. The van der Waals surface area contributed by atoms with E-state index in [4.69, 9.17) is 0 Å². The van der Waals surface area contributed by atoms with Crippen molar-refractivity contribution in [1.29, 1.82) is 0 Å². The Bertz CT molecular complexity index is 728. The zero-order valence-electron chi connectivity index (χ0n) is 16.6. The molecule has 1 aliphatic carbocycles. The number of aryl methyl sites for hydroxylation is 1. The number of carbonyl (C=O) groups excluding carboxylic acids is 3.